The molecule has 1 atom stereocenters. The first kappa shape index (κ1) is 9.23. The van der Waals surface area contributed by atoms with Crippen molar-refractivity contribution in [2.75, 3.05) is 0 Å². The summed E-state index contributed by atoms with van der Waals surface area (Å²) in [6.07, 6.45) is -0.433. The maximum absolute atomic E-state index is 9.31. The number of hydrogen-bond acceptors (Lipinski definition) is 2. The fourth-order valence-corrected chi connectivity index (χ4v) is 1.30. The van der Waals surface area contributed by atoms with Gasteiger partial charge in [-0.1, -0.05) is 18.2 Å². The minimum atomic E-state index is -0.433. The van der Waals surface area contributed by atoms with E-state index in [0.29, 0.717) is 0 Å². The first-order valence-corrected chi connectivity index (χ1v) is 4.03. The molecule has 0 aliphatic rings. The van der Waals surface area contributed by atoms with Crippen LogP contribution >= 0.6 is 0 Å². The zero-order valence-electron chi connectivity index (χ0n) is 7.41. The van der Waals surface area contributed by atoms with Gasteiger partial charge in [0.25, 0.3) is 0 Å². The lowest BCUT2D eigenvalue weighted by atomic mass is 10.0. The normalized spacial score (nSPS) is 13.0. The Balaban J connectivity index is 3.03. The van der Waals surface area contributed by atoms with Crippen LogP contribution in [-0.4, -0.2) is 10.2 Å². The molecular formula is C10H14O2. The second kappa shape index (κ2) is 3.70. The largest absolute Gasteiger partial charge is 0.392 e. The van der Waals surface area contributed by atoms with Crippen molar-refractivity contribution < 1.29 is 10.2 Å². The maximum atomic E-state index is 9.31. The van der Waals surface area contributed by atoms with E-state index in [1.165, 1.54) is 0 Å². The molecule has 1 rings (SSSR count). The van der Waals surface area contributed by atoms with Crippen LogP contribution in [0, 0.1) is 6.92 Å². The molecule has 0 aliphatic carbocycles. The van der Waals surface area contributed by atoms with Crippen LogP contribution in [-0.2, 0) is 6.61 Å². The molecule has 66 valence electrons. The Morgan fingerprint density at radius 2 is 2.08 bits per heavy atom. The van der Waals surface area contributed by atoms with Gasteiger partial charge >= 0.3 is 0 Å². The highest BCUT2D eigenvalue weighted by molar-refractivity contribution is 5.31. The summed E-state index contributed by atoms with van der Waals surface area (Å²) >= 11 is 0. The second-order valence-electron chi connectivity index (χ2n) is 3.03. The summed E-state index contributed by atoms with van der Waals surface area (Å²) in [4.78, 5) is 0. The molecule has 0 saturated carbocycles. The zero-order valence-corrected chi connectivity index (χ0v) is 7.41. The number of hydrogen-bond donors (Lipinski definition) is 2. The van der Waals surface area contributed by atoms with E-state index in [1.807, 2.05) is 25.1 Å². The van der Waals surface area contributed by atoms with Gasteiger partial charge in [-0.2, -0.15) is 0 Å². The molecule has 0 amide bonds. The summed E-state index contributed by atoms with van der Waals surface area (Å²) in [5.41, 5.74) is 2.83. The van der Waals surface area contributed by atoms with E-state index in [-0.39, 0.29) is 6.61 Å². The number of aliphatic hydroxyl groups is 2. The topological polar surface area (TPSA) is 40.5 Å². The van der Waals surface area contributed by atoms with Crippen molar-refractivity contribution in [2.24, 2.45) is 0 Å². The summed E-state index contributed by atoms with van der Waals surface area (Å²) in [6.45, 7) is 3.73. The van der Waals surface area contributed by atoms with E-state index in [1.54, 1.807) is 6.92 Å². The number of aliphatic hydroxyl groups excluding tert-OH is 2. The Labute approximate surface area is 72.5 Å². The summed E-state index contributed by atoms with van der Waals surface area (Å²) < 4.78 is 0. The molecule has 0 spiro atoms. The maximum Gasteiger partial charge on any atom is 0.0764 e. The van der Waals surface area contributed by atoms with Crippen LogP contribution < -0.4 is 0 Å². The van der Waals surface area contributed by atoms with Crippen molar-refractivity contribution in [3.8, 4) is 0 Å². The van der Waals surface area contributed by atoms with Gasteiger partial charge in [-0.3, -0.25) is 0 Å². The lowest BCUT2D eigenvalue weighted by Crippen LogP contribution is -1.96. The molecule has 2 N–H and O–H groups in total. The predicted octanol–water partition coefficient (Wildman–Crippen LogP) is 1.54. The molecule has 2 nitrogen and oxygen atoms in total. The van der Waals surface area contributed by atoms with Crippen LogP contribution in [0.4, 0.5) is 0 Å². The lowest BCUT2D eigenvalue weighted by molar-refractivity contribution is 0.198. The third-order valence-electron chi connectivity index (χ3n) is 1.97. The van der Waals surface area contributed by atoms with Gasteiger partial charge in [0.15, 0.2) is 0 Å². The Hall–Kier alpha value is -0.860. The smallest absolute Gasteiger partial charge is 0.0764 e. The van der Waals surface area contributed by atoms with Crippen LogP contribution in [0.3, 0.4) is 0 Å². The van der Waals surface area contributed by atoms with Crippen molar-refractivity contribution in [3.63, 3.8) is 0 Å². The minimum absolute atomic E-state index is 0.0565. The number of benzene rings is 1. The second-order valence-corrected chi connectivity index (χ2v) is 3.03. The summed E-state index contributed by atoms with van der Waals surface area (Å²) in [5.74, 6) is 0. The van der Waals surface area contributed by atoms with E-state index in [9.17, 15) is 5.11 Å². The Morgan fingerprint density at radius 1 is 1.42 bits per heavy atom. The van der Waals surface area contributed by atoms with E-state index in [0.717, 1.165) is 16.7 Å². The average Bonchev–Trinajstić information content (AvgIpc) is 2.03. The van der Waals surface area contributed by atoms with Gasteiger partial charge in [-0.15, -0.1) is 0 Å². The van der Waals surface area contributed by atoms with Gasteiger partial charge in [0.1, 0.15) is 0 Å². The SMILES string of the molecule is Cc1cc(CO)ccc1[C@H](C)O. The predicted molar refractivity (Wildman–Crippen MR) is 47.7 cm³/mol. The monoisotopic (exact) mass is 166 g/mol. The average molecular weight is 166 g/mol. The van der Waals surface area contributed by atoms with Crippen LogP contribution in [0.25, 0.3) is 0 Å². The van der Waals surface area contributed by atoms with E-state index < -0.39 is 6.10 Å². The molecule has 0 radical (unpaired) electrons. The molecule has 0 aliphatic heterocycles. The molecule has 0 aromatic heterocycles. The molecule has 0 fully saturated rings. The minimum Gasteiger partial charge on any atom is -0.392 e. The van der Waals surface area contributed by atoms with Crippen molar-refractivity contribution in [1.82, 2.24) is 0 Å². The highest BCUT2D eigenvalue weighted by Crippen LogP contribution is 2.18. The van der Waals surface area contributed by atoms with E-state index in [2.05, 4.69) is 0 Å². The standard InChI is InChI=1S/C10H14O2/c1-7-5-9(6-11)3-4-10(7)8(2)12/h3-5,8,11-12H,6H2,1-2H3/t8-/m0/s1. The van der Waals surface area contributed by atoms with Crippen LogP contribution in [0.1, 0.15) is 29.7 Å². The fourth-order valence-electron chi connectivity index (χ4n) is 1.30. The zero-order chi connectivity index (χ0) is 9.14. The molecule has 12 heavy (non-hydrogen) atoms. The van der Waals surface area contributed by atoms with Crippen LogP contribution in [0.5, 0.6) is 0 Å². The molecule has 2 heteroatoms. The van der Waals surface area contributed by atoms with E-state index >= 15 is 0 Å². The van der Waals surface area contributed by atoms with Gasteiger partial charge < -0.3 is 10.2 Å². The first-order valence-electron chi connectivity index (χ1n) is 4.03. The van der Waals surface area contributed by atoms with Crippen LogP contribution in [0.2, 0.25) is 0 Å². The fraction of sp³-hybridized carbons (Fsp3) is 0.400. The first-order chi connectivity index (χ1) is 5.65. The summed E-state index contributed by atoms with van der Waals surface area (Å²) in [5, 5.41) is 18.1. The Morgan fingerprint density at radius 3 is 2.50 bits per heavy atom. The van der Waals surface area contributed by atoms with Crippen molar-refractivity contribution in [1.29, 1.82) is 0 Å². The third-order valence-corrected chi connectivity index (χ3v) is 1.97. The van der Waals surface area contributed by atoms with Gasteiger partial charge in [0.2, 0.25) is 0 Å². The highest BCUT2D eigenvalue weighted by atomic mass is 16.3. The number of aryl methyl sites for hydroxylation is 1. The molecular weight excluding hydrogens is 152 g/mol. The Kier molecular flexibility index (Phi) is 2.84. The van der Waals surface area contributed by atoms with Gasteiger partial charge in [0, 0.05) is 0 Å². The quantitative estimate of drug-likeness (QED) is 0.699. The van der Waals surface area contributed by atoms with Crippen molar-refractivity contribution in [2.45, 2.75) is 26.6 Å². The van der Waals surface area contributed by atoms with Crippen molar-refractivity contribution >= 4 is 0 Å². The molecule has 1 aromatic carbocycles. The number of rotatable bonds is 2. The highest BCUT2D eigenvalue weighted by Gasteiger charge is 2.04. The van der Waals surface area contributed by atoms with Crippen molar-refractivity contribution in [3.05, 3.63) is 34.9 Å². The third kappa shape index (κ3) is 1.84. The lowest BCUT2D eigenvalue weighted by Gasteiger charge is -2.09. The molecule has 0 bridgehead atoms. The Bertz CT molecular complexity index is 267. The molecule has 0 unspecified atom stereocenters. The van der Waals surface area contributed by atoms with Gasteiger partial charge in [-0.25, -0.2) is 0 Å². The molecule has 0 heterocycles. The molecule has 1 aromatic rings. The van der Waals surface area contributed by atoms with E-state index in [4.69, 9.17) is 5.11 Å². The van der Waals surface area contributed by atoms with Gasteiger partial charge in [0.05, 0.1) is 12.7 Å². The molecule has 0 saturated heterocycles. The van der Waals surface area contributed by atoms with Gasteiger partial charge in [-0.05, 0) is 30.5 Å². The summed E-state index contributed by atoms with van der Waals surface area (Å²) in [6, 6.07) is 5.57. The summed E-state index contributed by atoms with van der Waals surface area (Å²) in [7, 11) is 0. The van der Waals surface area contributed by atoms with Crippen LogP contribution in [0.15, 0.2) is 18.2 Å².